The highest BCUT2D eigenvalue weighted by Crippen LogP contribution is 2.21. The van der Waals surface area contributed by atoms with Gasteiger partial charge < -0.3 is 14.6 Å². The maximum absolute atomic E-state index is 10.7. The minimum Gasteiger partial charge on any atom is -0.478 e. The Bertz CT molecular complexity index is 967. The smallest absolute Gasteiger partial charge is 0.328 e. The van der Waals surface area contributed by atoms with Crippen molar-refractivity contribution in [1.29, 1.82) is 0 Å². The van der Waals surface area contributed by atoms with Gasteiger partial charge in [-0.1, -0.05) is 41.6 Å². The van der Waals surface area contributed by atoms with E-state index < -0.39 is 5.97 Å². The van der Waals surface area contributed by atoms with Crippen LogP contribution in [0.3, 0.4) is 0 Å². The van der Waals surface area contributed by atoms with Crippen LogP contribution in [0, 0.1) is 6.92 Å². The number of carbonyl (C=O) groups is 1. The third-order valence-electron chi connectivity index (χ3n) is 4.53. The molecular formula is C22H25N3O4. The third kappa shape index (κ3) is 5.97. The summed E-state index contributed by atoms with van der Waals surface area (Å²) in [4.78, 5) is 10.7. The fourth-order valence-corrected chi connectivity index (χ4v) is 2.99. The fraction of sp³-hybridized carbons (Fsp3) is 0.318. The molecule has 0 fully saturated rings. The molecule has 7 nitrogen and oxygen atoms in total. The van der Waals surface area contributed by atoms with E-state index in [1.54, 1.807) is 6.08 Å². The standard InChI is InChI=1S/C22H25N3O4/c1-17-19(9-11-21(26)27)8-10-20-22(17)23-24-25(20)12-5-13-28-14-15-29-16-18-6-3-2-4-7-18/h2-4,6-11H,5,12-16H2,1H3,(H,26,27). The number of nitrogens with zero attached hydrogens (tertiary/aromatic N) is 3. The van der Waals surface area contributed by atoms with Gasteiger partial charge in [-0.2, -0.15) is 0 Å². The topological polar surface area (TPSA) is 86.5 Å². The van der Waals surface area contributed by atoms with Gasteiger partial charge in [0.05, 0.1) is 25.3 Å². The number of rotatable bonds is 11. The summed E-state index contributed by atoms with van der Waals surface area (Å²) in [5.74, 6) is -0.974. The molecule has 1 heterocycles. The van der Waals surface area contributed by atoms with Gasteiger partial charge in [-0.05, 0) is 42.2 Å². The first kappa shape index (κ1) is 20.7. The average molecular weight is 395 g/mol. The van der Waals surface area contributed by atoms with Crippen LogP contribution >= 0.6 is 0 Å². The Morgan fingerprint density at radius 2 is 1.90 bits per heavy atom. The lowest BCUT2D eigenvalue weighted by molar-refractivity contribution is -0.131. The van der Waals surface area contributed by atoms with E-state index in [-0.39, 0.29) is 0 Å². The van der Waals surface area contributed by atoms with Crippen LogP contribution in [0.4, 0.5) is 0 Å². The van der Waals surface area contributed by atoms with Crippen LogP contribution in [-0.2, 0) is 27.4 Å². The van der Waals surface area contributed by atoms with Gasteiger partial charge in [0.1, 0.15) is 5.52 Å². The Labute approximate surface area is 169 Å². The van der Waals surface area contributed by atoms with Crippen molar-refractivity contribution in [2.75, 3.05) is 19.8 Å². The summed E-state index contributed by atoms with van der Waals surface area (Å²) in [7, 11) is 0. The Morgan fingerprint density at radius 3 is 2.69 bits per heavy atom. The van der Waals surface area contributed by atoms with Crippen LogP contribution in [0.25, 0.3) is 17.1 Å². The second-order valence-electron chi connectivity index (χ2n) is 6.64. The summed E-state index contributed by atoms with van der Waals surface area (Å²) in [6.45, 7) is 4.95. The van der Waals surface area contributed by atoms with Crippen molar-refractivity contribution in [3.63, 3.8) is 0 Å². The van der Waals surface area contributed by atoms with Crippen LogP contribution < -0.4 is 0 Å². The molecule has 0 atom stereocenters. The van der Waals surface area contributed by atoms with Crippen molar-refractivity contribution in [2.45, 2.75) is 26.5 Å². The van der Waals surface area contributed by atoms with E-state index >= 15 is 0 Å². The van der Waals surface area contributed by atoms with Crippen molar-refractivity contribution in [3.05, 3.63) is 65.2 Å². The zero-order valence-electron chi connectivity index (χ0n) is 16.5. The molecule has 0 aliphatic heterocycles. The molecule has 0 bridgehead atoms. The average Bonchev–Trinajstić information content (AvgIpc) is 3.14. The number of aryl methyl sites for hydroxylation is 2. The zero-order chi connectivity index (χ0) is 20.5. The normalized spacial score (nSPS) is 11.5. The van der Waals surface area contributed by atoms with Crippen molar-refractivity contribution in [1.82, 2.24) is 15.0 Å². The maximum atomic E-state index is 10.7. The molecule has 0 saturated heterocycles. The first-order chi connectivity index (χ1) is 14.1. The minimum atomic E-state index is -0.974. The van der Waals surface area contributed by atoms with Crippen LogP contribution in [0.2, 0.25) is 0 Å². The van der Waals surface area contributed by atoms with Crippen LogP contribution in [0.5, 0.6) is 0 Å². The van der Waals surface area contributed by atoms with Crippen molar-refractivity contribution < 1.29 is 19.4 Å². The molecule has 0 saturated carbocycles. The van der Waals surface area contributed by atoms with Gasteiger partial charge >= 0.3 is 5.97 Å². The molecule has 0 amide bonds. The Balaban J connectivity index is 1.40. The van der Waals surface area contributed by atoms with Gasteiger partial charge in [0.25, 0.3) is 0 Å². The van der Waals surface area contributed by atoms with Crippen molar-refractivity contribution >= 4 is 23.1 Å². The number of aromatic nitrogens is 3. The van der Waals surface area contributed by atoms with Gasteiger partial charge in [0.15, 0.2) is 0 Å². The summed E-state index contributed by atoms with van der Waals surface area (Å²) in [5.41, 5.74) is 4.61. The van der Waals surface area contributed by atoms with E-state index in [0.29, 0.717) is 33.0 Å². The molecule has 152 valence electrons. The Hall–Kier alpha value is -3.03. The lowest BCUT2D eigenvalue weighted by Crippen LogP contribution is -2.08. The van der Waals surface area contributed by atoms with E-state index in [1.165, 1.54) is 0 Å². The molecule has 0 aliphatic carbocycles. The van der Waals surface area contributed by atoms with Gasteiger partial charge in [0.2, 0.25) is 0 Å². The summed E-state index contributed by atoms with van der Waals surface area (Å²) >= 11 is 0. The monoisotopic (exact) mass is 395 g/mol. The number of ether oxygens (including phenoxy) is 2. The SMILES string of the molecule is Cc1c(C=CC(=O)O)ccc2c1nnn2CCCOCCOCc1ccccc1. The van der Waals surface area contributed by atoms with Crippen molar-refractivity contribution in [2.24, 2.45) is 0 Å². The molecule has 0 spiro atoms. The largest absolute Gasteiger partial charge is 0.478 e. The molecule has 3 rings (SSSR count). The van der Waals surface area contributed by atoms with Gasteiger partial charge in [-0.15, -0.1) is 5.10 Å². The molecule has 0 radical (unpaired) electrons. The van der Waals surface area contributed by atoms with E-state index in [0.717, 1.165) is 40.2 Å². The number of fused-ring (bicyclic) bond motifs is 1. The molecule has 7 heteroatoms. The molecular weight excluding hydrogens is 370 g/mol. The Kier molecular flexibility index (Phi) is 7.49. The number of carboxylic acid groups (broad SMARTS) is 1. The van der Waals surface area contributed by atoms with Gasteiger partial charge in [-0.3, -0.25) is 0 Å². The number of aliphatic carboxylic acids is 1. The maximum Gasteiger partial charge on any atom is 0.328 e. The molecule has 1 aromatic heterocycles. The highest BCUT2D eigenvalue weighted by Gasteiger charge is 2.09. The first-order valence-electron chi connectivity index (χ1n) is 9.58. The molecule has 2 aromatic carbocycles. The first-order valence-corrected chi connectivity index (χ1v) is 9.58. The number of benzene rings is 2. The molecule has 29 heavy (non-hydrogen) atoms. The number of hydrogen-bond acceptors (Lipinski definition) is 5. The third-order valence-corrected chi connectivity index (χ3v) is 4.53. The summed E-state index contributed by atoms with van der Waals surface area (Å²) in [5, 5.41) is 17.2. The summed E-state index contributed by atoms with van der Waals surface area (Å²) in [6.07, 6.45) is 3.51. The van der Waals surface area contributed by atoms with Crippen LogP contribution in [0.1, 0.15) is 23.1 Å². The molecule has 0 unspecified atom stereocenters. The zero-order valence-corrected chi connectivity index (χ0v) is 16.5. The van der Waals surface area contributed by atoms with Crippen LogP contribution in [0.15, 0.2) is 48.5 Å². The predicted molar refractivity (Wildman–Crippen MR) is 110 cm³/mol. The van der Waals surface area contributed by atoms with Crippen molar-refractivity contribution in [3.8, 4) is 0 Å². The second kappa shape index (κ2) is 10.5. The summed E-state index contributed by atoms with van der Waals surface area (Å²) in [6, 6.07) is 13.9. The fourth-order valence-electron chi connectivity index (χ4n) is 2.99. The number of carboxylic acids is 1. The van der Waals surface area contributed by atoms with E-state index in [1.807, 2.05) is 54.1 Å². The van der Waals surface area contributed by atoms with E-state index in [4.69, 9.17) is 14.6 Å². The summed E-state index contributed by atoms with van der Waals surface area (Å²) < 4.78 is 13.1. The van der Waals surface area contributed by atoms with E-state index in [9.17, 15) is 4.79 Å². The predicted octanol–water partition coefficient (Wildman–Crippen LogP) is 3.46. The molecule has 1 N–H and O–H groups in total. The quantitative estimate of drug-likeness (QED) is 0.395. The van der Waals surface area contributed by atoms with Gasteiger partial charge in [0, 0.05) is 19.2 Å². The van der Waals surface area contributed by atoms with E-state index in [2.05, 4.69) is 10.3 Å². The highest BCUT2D eigenvalue weighted by molar-refractivity contribution is 5.88. The highest BCUT2D eigenvalue weighted by atomic mass is 16.5. The Morgan fingerprint density at radius 1 is 1.10 bits per heavy atom. The van der Waals surface area contributed by atoms with Crippen LogP contribution in [-0.4, -0.2) is 45.9 Å². The van der Waals surface area contributed by atoms with Gasteiger partial charge in [-0.25, -0.2) is 9.48 Å². The molecule has 3 aromatic rings. The minimum absolute atomic E-state index is 0.559. The lowest BCUT2D eigenvalue weighted by Gasteiger charge is -2.07. The number of hydrogen-bond donors (Lipinski definition) is 1. The second-order valence-corrected chi connectivity index (χ2v) is 6.64. The molecule has 0 aliphatic rings. The lowest BCUT2D eigenvalue weighted by atomic mass is 10.1.